The maximum absolute atomic E-state index is 12.9. The molecule has 2 aromatic carbocycles. The highest BCUT2D eigenvalue weighted by atomic mass is 19.4. The largest absolute Gasteiger partial charge is 0.508 e. The molecule has 0 bridgehead atoms. The summed E-state index contributed by atoms with van der Waals surface area (Å²) in [6.07, 6.45) is 1.14. The molecule has 4 fully saturated rings. The number of alkyl halides is 6. The molecular formula is C48H72F6N4O7. The van der Waals surface area contributed by atoms with Crippen LogP contribution in [0.15, 0.2) is 48.5 Å². The maximum Gasteiger partial charge on any atom is 0.416 e. The zero-order chi connectivity index (χ0) is 48.0. The third-order valence-corrected chi connectivity index (χ3v) is 11.7. The number of phenolic OH excluding ortho intramolecular Hbond substituents is 1. The van der Waals surface area contributed by atoms with Crippen molar-refractivity contribution in [3.63, 3.8) is 0 Å². The van der Waals surface area contributed by atoms with Crippen molar-refractivity contribution in [3.8, 4) is 11.5 Å². The number of amides is 2. The Morgan fingerprint density at radius 2 is 0.985 bits per heavy atom. The molecule has 0 spiro atoms. The van der Waals surface area contributed by atoms with Gasteiger partial charge in [-0.05, 0) is 168 Å². The van der Waals surface area contributed by atoms with Crippen LogP contribution in [0.4, 0.5) is 35.9 Å². The van der Waals surface area contributed by atoms with Gasteiger partial charge in [-0.25, -0.2) is 9.59 Å². The number of piperidine rings is 4. The van der Waals surface area contributed by atoms with E-state index in [1.807, 2.05) is 41.5 Å². The number of ether oxygens (including phenoxy) is 3. The topological polar surface area (TPSA) is 115 Å². The molecule has 17 heteroatoms. The molecule has 0 aliphatic carbocycles. The molecule has 4 unspecified atom stereocenters. The van der Waals surface area contributed by atoms with Gasteiger partial charge < -0.3 is 39.1 Å². The second kappa shape index (κ2) is 24.2. The lowest BCUT2D eigenvalue weighted by Crippen LogP contribution is -2.50. The van der Waals surface area contributed by atoms with Crippen molar-refractivity contribution in [1.29, 1.82) is 0 Å². The van der Waals surface area contributed by atoms with Crippen LogP contribution in [0, 0.1) is 11.8 Å². The van der Waals surface area contributed by atoms with E-state index in [-0.39, 0.29) is 42.0 Å². The first-order valence-corrected chi connectivity index (χ1v) is 23.1. The molecule has 368 valence electrons. The third-order valence-electron chi connectivity index (χ3n) is 11.7. The molecule has 2 amide bonds. The molecule has 0 radical (unpaired) electrons. The molecule has 4 aliphatic heterocycles. The Hall–Kier alpha value is -3.96. The molecule has 4 saturated heterocycles. The predicted octanol–water partition coefficient (Wildman–Crippen LogP) is 10.5. The lowest BCUT2D eigenvalue weighted by Gasteiger charge is -2.39. The molecule has 4 aliphatic rings. The standard InChI is InChI=1S/C24H35F3N2O3.C17H32N2O3.C7H5F3O/c1-23(2,3)32-22(30)29-15-7-8-18(16-29)21(17-28-13-5-4-6-14-28)31-20-11-9-19(10-12-20)24(25,26)27;1-17(2,3)22-16(21)19-11-7-8-14(12-19)15(20)13-18-9-5-4-6-10-18;8-7(9,10)5-1-3-6(11)4-2-5/h9-12,18,21H,4-8,13-17H2,1-3H3;14-15,20H,4-13H2,1-3H3;1-4,11H. The minimum Gasteiger partial charge on any atom is -0.508 e. The van der Waals surface area contributed by atoms with Gasteiger partial charge in [0.2, 0.25) is 0 Å². The van der Waals surface area contributed by atoms with Gasteiger partial charge in [0.15, 0.2) is 0 Å². The van der Waals surface area contributed by atoms with E-state index in [4.69, 9.17) is 19.3 Å². The number of aliphatic hydroxyl groups excluding tert-OH is 1. The summed E-state index contributed by atoms with van der Waals surface area (Å²) in [6, 6.07) is 8.56. The van der Waals surface area contributed by atoms with E-state index in [2.05, 4.69) is 9.80 Å². The third kappa shape index (κ3) is 19.4. The normalized spacial score (nSPS) is 21.4. The summed E-state index contributed by atoms with van der Waals surface area (Å²) >= 11 is 0. The number of aliphatic hydroxyl groups is 1. The highest BCUT2D eigenvalue weighted by Gasteiger charge is 2.36. The van der Waals surface area contributed by atoms with Crippen LogP contribution < -0.4 is 4.74 Å². The Morgan fingerprint density at radius 3 is 1.42 bits per heavy atom. The molecule has 65 heavy (non-hydrogen) atoms. The molecule has 4 heterocycles. The van der Waals surface area contributed by atoms with E-state index in [9.17, 15) is 41.0 Å². The van der Waals surface area contributed by atoms with Gasteiger partial charge in [0.05, 0.1) is 17.2 Å². The SMILES string of the molecule is CC(C)(C)OC(=O)N1CCCC(C(CN2CCCCC2)Oc2ccc(C(F)(F)F)cc2)C1.CC(C)(C)OC(=O)N1CCCC(C(O)CN2CCCCC2)C1.Oc1ccc(C(F)(F)F)cc1. The molecule has 2 N–H and O–H groups in total. The lowest BCUT2D eigenvalue weighted by atomic mass is 9.91. The number of phenols is 1. The van der Waals surface area contributed by atoms with Crippen molar-refractivity contribution in [3.05, 3.63) is 59.7 Å². The summed E-state index contributed by atoms with van der Waals surface area (Å²) in [7, 11) is 0. The average molecular weight is 931 g/mol. The number of hydrogen-bond donors (Lipinski definition) is 2. The molecular weight excluding hydrogens is 859 g/mol. The Kier molecular flexibility index (Phi) is 20.0. The molecule has 0 saturated carbocycles. The van der Waals surface area contributed by atoms with Gasteiger partial charge in [0, 0.05) is 51.1 Å². The van der Waals surface area contributed by atoms with Crippen LogP contribution >= 0.6 is 0 Å². The number of β-amino-alcohol motifs (C(OH)–C–C–N with tert-alkyl or cyclic N) is 1. The maximum atomic E-state index is 12.9. The van der Waals surface area contributed by atoms with Gasteiger partial charge in [-0.1, -0.05) is 12.8 Å². The number of halogens is 6. The van der Waals surface area contributed by atoms with Crippen molar-refractivity contribution in [1.82, 2.24) is 19.6 Å². The van der Waals surface area contributed by atoms with E-state index < -0.39 is 34.7 Å². The van der Waals surface area contributed by atoms with Crippen molar-refractivity contribution in [2.75, 3.05) is 65.4 Å². The zero-order valence-corrected chi connectivity index (χ0v) is 39.1. The van der Waals surface area contributed by atoms with Crippen LogP contribution in [0.2, 0.25) is 0 Å². The number of likely N-dealkylation sites (tertiary alicyclic amines) is 4. The molecule has 6 rings (SSSR count). The minimum atomic E-state index is -4.37. The molecule has 0 aromatic heterocycles. The van der Waals surface area contributed by atoms with Gasteiger partial charge in [-0.3, -0.25) is 4.90 Å². The van der Waals surface area contributed by atoms with Crippen LogP contribution in [-0.4, -0.2) is 131 Å². The fourth-order valence-electron chi connectivity index (χ4n) is 8.40. The van der Waals surface area contributed by atoms with E-state index in [1.54, 1.807) is 9.80 Å². The molecule has 11 nitrogen and oxygen atoms in total. The van der Waals surface area contributed by atoms with E-state index in [0.29, 0.717) is 31.9 Å². The minimum absolute atomic E-state index is 0.0838. The zero-order valence-electron chi connectivity index (χ0n) is 39.1. The summed E-state index contributed by atoms with van der Waals surface area (Å²) in [4.78, 5) is 33.0. The summed E-state index contributed by atoms with van der Waals surface area (Å²) in [6.45, 7) is 19.3. The monoisotopic (exact) mass is 931 g/mol. The number of benzene rings is 2. The second-order valence-electron chi connectivity index (χ2n) is 19.7. The van der Waals surface area contributed by atoms with Crippen LogP contribution in [0.1, 0.15) is 117 Å². The lowest BCUT2D eigenvalue weighted by molar-refractivity contribution is -0.138. The van der Waals surface area contributed by atoms with Crippen molar-refractivity contribution < 1.29 is 60.4 Å². The Labute approximate surface area is 381 Å². The quantitative estimate of drug-likeness (QED) is 0.250. The number of carbonyl (C=O) groups excluding carboxylic acids is 2. The first kappa shape index (κ1) is 53.7. The predicted molar refractivity (Wildman–Crippen MR) is 237 cm³/mol. The number of aromatic hydroxyl groups is 1. The highest BCUT2D eigenvalue weighted by molar-refractivity contribution is 5.68. The number of nitrogens with zero attached hydrogens (tertiary/aromatic N) is 4. The highest BCUT2D eigenvalue weighted by Crippen LogP contribution is 2.33. The number of rotatable bonds is 8. The van der Waals surface area contributed by atoms with Crippen molar-refractivity contribution >= 4 is 12.2 Å². The van der Waals surface area contributed by atoms with Gasteiger partial charge in [0.1, 0.15) is 28.8 Å². The fraction of sp³-hybridized carbons (Fsp3) is 0.708. The molecule has 4 atom stereocenters. The summed E-state index contributed by atoms with van der Waals surface area (Å²) in [5.41, 5.74) is -2.47. The average Bonchev–Trinajstić information content (AvgIpc) is 3.23. The second-order valence-corrected chi connectivity index (χ2v) is 19.7. The fourth-order valence-corrected chi connectivity index (χ4v) is 8.40. The Morgan fingerprint density at radius 1 is 0.585 bits per heavy atom. The number of hydrogen-bond acceptors (Lipinski definition) is 9. The van der Waals surface area contributed by atoms with Gasteiger partial charge in [0.25, 0.3) is 0 Å². The summed E-state index contributed by atoms with van der Waals surface area (Å²) < 4.78 is 91.5. The Bertz CT molecular complexity index is 1720. The smallest absolute Gasteiger partial charge is 0.416 e. The van der Waals surface area contributed by atoms with Crippen LogP contribution in [0.25, 0.3) is 0 Å². The van der Waals surface area contributed by atoms with E-state index >= 15 is 0 Å². The number of carbonyl (C=O) groups is 2. The van der Waals surface area contributed by atoms with Crippen LogP contribution in [0.3, 0.4) is 0 Å². The van der Waals surface area contributed by atoms with E-state index in [0.717, 1.165) is 114 Å². The molecule has 2 aromatic rings. The van der Waals surface area contributed by atoms with Gasteiger partial charge in [-0.15, -0.1) is 0 Å². The van der Waals surface area contributed by atoms with Crippen molar-refractivity contribution in [2.24, 2.45) is 11.8 Å². The summed E-state index contributed by atoms with van der Waals surface area (Å²) in [5, 5.41) is 19.2. The van der Waals surface area contributed by atoms with Crippen LogP contribution in [0.5, 0.6) is 11.5 Å². The summed E-state index contributed by atoms with van der Waals surface area (Å²) in [5.74, 6) is 0.510. The van der Waals surface area contributed by atoms with Gasteiger partial charge in [-0.2, -0.15) is 26.3 Å². The first-order valence-electron chi connectivity index (χ1n) is 23.1. The van der Waals surface area contributed by atoms with Crippen LogP contribution in [-0.2, 0) is 21.8 Å². The Balaban J connectivity index is 0.000000241. The van der Waals surface area contributed by atoms with Crippen molar-refractivity contribution in [2.45, 2.75) is 142 Å². The van der Waals surface area contributed by atoms with Gasteiger partial charge >= 0.3 is 24.5 Å². The van der Waals surface area contributed by atoms with E-state index in [1.165, 1.54) is 37.8 Å². The first-order chi connectivity index (χ1) is 30.4.